The minimum atomic E-state index is -0.0430. The third-order valence-electron chi connectivity index (χ3n) is 2.46. The van der Waals surface area contributed by atoms with Gasteiger partial charge in [-0.05, 0) is 0 Å². The fraction of sp³-hybridized carbons (Fsp3) is 0. The van der Waals surface area contributed by atoms with Gasteiger partial charge in [-0.2, -0.15) is 0 Å². The molecule has 0 aliphatic heterocycles. The van der Waals surface area contributed by atoms with Crippen molar-refractivity contribution in [3.05, 3.63) is 58.1 Å². The van der Waals surface area contributed by atoms with E-state index in [-0.39, 0.29) is 20.3 Å². The number of halogens is 1. The summed E-state index contributed by atoms with van der Waals surface area (Å²) in [5, 5.41) is 1.18. The molecular weight excluding hydrogens is 303 g/mol. The number of fused-ring (bicyclic) bond motifs is 1. The van der Waals surface area contributed by atoms with Gasteiger partial charge in [0.25, 0.3) is 0 Å². The Balaban J connectivity index is 2.37. The first-order valence-electron chi connectivity index (χ1n) is 4.98. The molecule has 0 aliphatic carbocycles. The molecule has 2 heterocycles. The average molecular weight is 310 g/mol. The molecule has 3 aromatic rings. The molecule has 84 valence electrons. The van der Waals surface area contributed by atoms with Crippen molar-refractivity contribution in [3.8, 4) is 5.69 Å². The van der Waals surface area contributed by atoms with E-state index in [1.165, 1.54) is 0 Å². The van der Waals surface area contributed by atoms with Gasteiger partial charge < -0.3 is 0 Å². The van der Waals surface area contributed by atoms with E-state index in [0.717, 1.165) is 9.95 Å². The van der Waals surface area contributed by atoms with E-state index >= 15 is 0 Å². The number of hydrogen-bond acceptors (Lipinski definition) is 2. The summed E-state index contributed by atoms with van der Waals surface area (Å²) in [6, 6.07) is 9.26. The van der Waals surface area contributed by atoms with Gasteiger partial charge in [-0.15, -0.1) is 0 Å². The van der Waals surface area contributed by atoms with Crippen LogP contribution in [0.4, 0.5) is 0 Å². The van der Waals surface area contributed by atoms with Crippen LogP contribution in [0.1, 0.15) is 0 Å². The summed E-state index contributed by atoms with van der Waals surface area (Å²) in [5.41, 5.74) is 0.856. The molecule has 0 radical (unpaired) electrons. The Hall–Kier alpha value is -1.35. The summed E-state index contributed by atoms with van der Waals surface area (Å²) >= 11 is 6.02. The van der Waals surface area contributed by atoms with Gasteiger partial charge in [-0.3, -0.25) is 0 Å². The van der Waals surface area contributed by atoms with Crippen LogP contribution in [0, 0.1) is 0 Å². The molecule has 0 bridgehead atoms. The van der Waals surface area contributed by atoms with Crippen LogP contribution in [0.15, 0.2) is 47.5 Å². The number of nitrogens with zero attached hydrogens (tertiary/aromatic N) is 2. The molecule has 0 spiro atoms. The molecule has 0 saturated carbocycles. The first-order chi connectivity index (χ1) is 8.27. The molecule has 0 atom stereocenters. The number of hydrogen-bond donors (Lipinski definition) is 0. The van der Waals surface area contributed by atoms with Crippen LogP contribution in [0.2, 0.25) is 5.02 Å². The van der Waals surface area contributed by atoms with Gasteiger partial charge in [-0.1, -0.05) is 0 Å². The molecule has 0 unspecified atom stereocenters. The van der Waals surface area contributed by atoms with Crippen LogP contribution < -0.4 is 5.56 Å². The summed E-state index contributed by atoms with van der Waals surface area (Å²) in [6.07, 6.45) is 3.37. The van der Waals surface area contributed by atoms with Crippen LogP contribution in [0.25, 0.3) is 15.3 Å². The maximum atomic E-state index is 12.3. The average Bonchev–Trinajstić information content (AvgIpc) is 2.69. The van der Waals surface area contributed by atoms with E-state index in [1.807, 2.05) is 24.3 Å². The van der Waals surface area contributed by atoms with E-state index < -0.39 is 0 Å². The monoisotopic (exact) mass is 310 g/mol. The first kappa shape index (κ1) is 10.8. The van der Waals surface area contributed by atoms with Gasteiger partial charge in [-0.25, -0.2) is 0 Å². The van der Waals surface area contributed by atoms with Crippen LogP contribution >= 0.6 is 11.6 Å². The summed E-state index contributed by atoms with van der Waals surface area (Å²) in [4.78, 5) is 16.2. The Kier molecular flexibility index (Phi) is 2.63. The molecule has 1 aromatic carbocycles. The molecule has 2 aromatic heterocycles. The zero-order valence-electron chi connectivity index (χ0n) is 8.63. The van der Waals surface area contributed by atoms with Crippen molar-refractivity contribution in [2.45, 2.75) is 0 Å². The quantitative estimate of drug-likeness (QED) is 0.645. The predicted octanol–water partition coefficient (Wildman–Crippen LogP) is 2.10. The third kappa shape index (κ3) is 1.75. The Morgan fingerprint density at radius 3 is 2.65 bits per heavy atom. The van der Waals surface area contributed by atoms with Crippen molar-refractivity contribution in [2.24, 2.45) is 0 Å². The summed E-state index contributed by atoms with van der Waals surface area (Å²) < 4.78 is 2.80. The van der Waals surface area contributed by atoms with E-state index in [0.29, 0.717) is 10.4 Å². The molecule has 3 nitrogen and oxygen atoms in total. The molecule has 0 fully saturated rings. The number of benzene rings is 1. The molecule has 17 heavy (non-hydrogen) atoms. The first-order valence-corrected chi connectivity index (χ1v) is 6.98. The van der Waals surface area contributed by atoms with Gasteiger partial charge in [0.15, 0.2) is 0 Å². The van der Waals surface area contributed by atoms with Crippen molar-refractivity contribution < 1.29 is 0 Å². The van der Waals surface area contributed by atoms with Crippen molar-refractivity contribution >= 4 is 36.0 Å². The topological polar surface area (TPSA) is 34.9 Å². The Bertz CT molecular complexity index is 733. The second-order valence-electron chi connectivity index (χ2n) is 3.51. The van der Waals surface area contributed by atoms with Gasteiger partial charge in [0, 0.05) is 0 Å². The molecule has 0 amide bonds. The van der Waals surface area contributed by atoms with Crippen molar-refractivity contribution in [3.63, 3.8) is 0 Å². The van der Waals surface area contributed by atoms with Crippen molar-refractivity contribution in [1.29, 1.82) is 0 Å². The van der Waals surface area contributed by atoms with Crippen molar-refractivity contribution in [2.75, 3.05) is 0 Å². The Labute approximate surface area is 108 Å². The van der Waals surface area contributed by atoms with Crippen molar-refractivity contribution in [1.82, 2.24) is 8.55 Å². The van der Waals surface area contributed by atoms with Gasteiger partial charge in [0.1, 0.15) is 0 Å². The van der Waals surface area contributed by atoms with Gasteiger partial charge >= 0.3 is 108 Å². The second-order valence-corrected chi connectivity index (χ2v) is 5.99. The molecule has 0 N–H and O–H groups in total. The Morgan fingerprint density at radius 1 is 1.18 bits per heavy atom. The summed E-state index contributed by atoms with van der Waals surface area (Å²) in [6.45, 7) is 0. The molecule has 5 heteroatoms. The zero-order valence-corrected chi connectivity index (χ0v) is 11.1. The molecular formula is C12H7ClN2OSe. The Morgan fingerprint density at radius 2 is 1.94 bits per heavy atom. The molecule has 3 rings (SSSR count). The van der Waals surface area contributed by atoms with Gasteiger partial charge in [0.05, 0.1) is 0 Å². The fourth-order valence-corrected chi connectivity index (χ4v) is 4.21. The zero-order chi connectivity index (χ0) is 11.8. The minimum absolute atomic E-state index is 0.0169. The fourth-order valence-electron chi connectivity index (χ4n) is 1.68. The van der Waals surface area contributed by atoms with Crippen LogP contribution in [0.3, 0.4) is 0 Å². The maximum absolute atomic E-state index is 12.3. The van der Waals surface area contributed by atoms with Crippen LogP contribution in [0.5, 0.6) is 0 Å². The standard InChI is InChI=1S/C12H7ClN2OSe/c13-9-2-1-3-10-11(9)12(16)15(17-10)8-4-6-14-7-5-8/h1-7H. The second kappa shape index (κ2) is 4.15. The van der Waals surface area contributed by atoms with Crippen LogP contribution in [-0.2, 0) is 0 Å². The number of aromatic nitrogens is 2. The van der Waals surface area contributed by atoms with Crippen LogP contribution in [-0.4, -0.2) is 23.3 Å². The molecule has 0 aliphatic rings. The van der Waals surface area contributed by atoms with E-state index in [1.54, 1.807) is 22.0 Å². The summed E-state index contributed by atoms with van der Waals surface area (Å²) in [5.74, 6) is 0. The third-order valence-corrected chi connectivity index (χ3v) is 5.08. The van der Waals surface area contributed by atoms with E-state index in [9.17, 15) is 4.79 Å². The molecule has 0 saturated heterocycles. The van der Waals surface area contributed by atoms with E-state index in [2.05, 4.69) is 4.98 Å². The summed E-state index contributed by atoms with van der Waals surface area (Å²) in [7, 11) is 0. The number of pyridine rings is 1. The normalized spacial score (nSPS) is 10.9. The SMILES string of the molecule is O=c1c2c(Cl)cccc2[se]n1-c1ccncc1. The van der Waals surface area contributed by atoms with Gasteiger partial charge in [0.2, 0.25) is 0 Å². The predicted molar refractivity (Wildman–Crippen MR) is 69.3 cm³/mol. The van der Waals surface area contributed by atoms with E-state index in [4.69, 9.17) is 11.6 Å². The number of rotatable bonds is 1.